The Morgan fingerprint density at radius 3 is 2.35 bits per heavy atom. The van der Waals surface area contributed by atoms with E-state index in [2.05, 4.69) is 0 Å². The van der Waals surface area contributed by atoms with Crippen molar-refractivity contribution in [1.29, 1.82) is 0 Å². The van der Waals surface area contributed by atoms with Crippen molar-refractivity contribution in [3.05, 3.63) is 102 Å². The summed E-state index contributed by atoms with van der Waals surface area (Å²) in [7, 11) is 0. The fourth-order valence-corrected chi connectivity index (χ4v) is 6.74. The smallest absolute Gasteiger partial charge is 0.330 e. The molecule has 3 aliphatic rings. The maximum atomic E-state index is 12.9. The minimum Gasteiger partial charge on any atom is -0.492 e. The molecule has 51 heavy (non-hydrogen) atoms. The number of hydrogen-bond acceptors (Lipinski definition) is 10. The van der Waals surface area contributed by atoms with Crippen LogP contribution in [0.5, 0.6) is 0 Å². The molecule has 4 rings (SSSR count). The number of anilines is 2. The lowest BCUT2D eigenvalue weighted by atomic mass is 9.90. The van der Waals surface area contributed by atoms with Gasteiger partial charge in [0, 0.05) is 22.3 Å². The van der Waals surface area contributed by atoms with E-state index in [0.717, 1.165) is 68.3 Å². The molecule has 0 spiro atoms. The quantitative estimate of drug-likeness (QED) is 0.0308. The summed E-state index contributed by atoms with van der Waals surface area (Å²) in [5, 5.41) is -0.316. The van der Waals surface area contributed by atoms with Gasteiger partial charge in [-0.15, -0.1) is 11.8 Å². The van der Waals surface area contributed by atoms with Crippen LogP contribution in [0.2, 0.25) is 0 Å². The lowest BCUT2D eigenvalue weighted by molar-refractivity contribution is -0.155. The number of nitrogen functional groups attached to an aromatic ring is 2. The van der Waals surface area contributed by atoms with Crippen LogP contribution >= 0.6 is 11.8 Å². The standard InChI is InChI=1S/C41H52N2O7S/c1-3-4-13-32(14-9-10-19-39(45)49-33-15-5-6-16-33)47-28-35(51-37-22-21-31(42)27-36(37)43)29-48-38(44)23-20-30-12-11-25-41(2,26-24-30)40(46)50-34-17-7-8-18-34/h4,9-14,20-27,33-35H,3,5-8,15-19,28-29,42-43H2,1-2H3/b10-9-,13-4-,23-20+,32-14+. The summed E-state index contributed by atoms with van der Waals surface area (Å²) in [6.07, 6.45) is 30.4. The van der Waals surface area contributed by atoms with E-state index < -0.39 is 11.4 Å². The molecule has 2 saturated carbocycles. The first kappa shape index (κ1) is 39.3. The van der Waals surface area contributed by atoms with Crippen molar-refractivity contribution in [3.63, 3.8) is 0 Å². The van der Waals surface area contributed by atoms with Crippen molar-refractivity contribution in [1.82, 2.24) is 0 Å². The maximum absolute atomic E-state index is 12.9. The molecular formula is C41H52N2O7S. The molecule has 1 aromatic carbocycles. The number of allylic oxidation sites excluding steroid dienone is 9. The Bertz CT molecular complexity index is 1560. The molecule has 0 amide bonds. The average molecular weight is 717 g/mol. The molecule has 0 heterocycles. The summed E-state index contributed by atoms with van der Waals surface area (Å²) < 4.78 is 23.1. The van der Waals surface area contributed by atoms with Gasteiger partial charge in [-0.25, -0.2) is 4.79 Å². The Morgan fingerprint density at radius 2 is 1.65 bits per heavy atom. The van der Waals surface area contributed by atoms with Gasteiger partial charge in [-0.2, -0.15) is 0 Å². The normalized spacial score (nSPS) is 20.6. The number of esters is 3. The second-order valence-corrected chi connectivity index (χ2v) is 14.5. The van der Waals surface area contributed by atoms with E-state index in [9.17, 15) is 14.4 Å². The number of ether oxygens (including phenoxy) is 4. The monoisotopic (exact) mass is 716 g/mol. The third kappa shape index (κ3) is 13.7. The lowest BCUT2D eigenvalue weighted by Crippen LogP contribution is -2.29. The number of thioether (sulfide) groups is 1. The van der Waals surface area contributed by atoms with Crippen LogP contribution in [0.3, 0.4) is 0 Å². The molecule has 2 atom stereocenters. The van der Waals surface area contributed by atoms with Gasteiger partial charge in [-0.3, -0.25) is 9.59 Å². The molecule has 0 aromatic heterocycles. The molecule has 2 unspecified atom stereocenters. The predicted octanol–water partition coefficient (Wildman–Crippen LogP) is 8.25. The van der Waals surface area contributed by atoms with Crippen LogP contribution in [-0.2, 0) is 33.3 Å². The molecule has 2 fully saturated rings. The summed E-state index contributed by atoms with van der Waals surface area (Å²) >= 11 is 1.43. The van der Waals surface area contributed by atoms with E-state index in [-0.39, 0.29) is 49.0 Å². The van der Waals surface area contributed by atoms with Gasteiger partial charge in [0.2, 0.25) is 0 Å². The zero-order valence-electron chi connectivity index (χ0n) is 29.8. The van der Waals surface area contributed by atoms with E-state index in [4.69, 9.17) is 30.4 Å². The van der Waals surface area contributed by atoms with Crippen molar-refractivity contribution < 1.29 is 33.3 Å². The lowest BCUT2D eigenvalue weighted by Gasteiger charge is -2.22. The fraction of sp³-hybridized carbons (Fsp3) is 0.439. The first-order valence-electron chi connectivity index (χ1n) is 18.0. The Balaban J connectivity index is 1.35. The number of benzene rings is 1. The van der Waals surface area contributed by atoms with Gasteiger partial charge in [-0.1, -0.05) is 55.5 Å². The highest BCUT2D eigenvalue weighted by Crippen LogP contribution is 2.32. The summed E-state index contributed by atoms with van der Waals surface area (Å²) in [6, 6.07) is 5.29. The zero-order valence-corrected chi connectivity index (χ0v) is 30.6. The van der Waals surface area contributed by atoms with Gasteiger partial charge >= 0.3 is 17.9 Å². The van der Waals surface area contributed by atoms with Crippen LogP contribution < -0.4 is 11.5 Å². The summed E-state index contributed by atoms with van der Waals surface area (Å²) in [6.45, 7) is 4.10. The zero-order chi connectivity index (χ0) is 36.5. The minimum absolute atomic E-state index is 0.0132. The van der Waals surface area contributed by atoms with Crippen molar-refractivity contribution in [2.75, 3.05) is 24.7 Å². The first-order valence-corrected chi connectivity index (χ1v) is 18.8. The Hall–Kier alpha value is -4.44. The fourth-order valence-electron chi connectivity index (χ4n) is 5.77. The van der Waals surface area contributed by atoms with E-state index >= 15 is 0 Å². The van der Waals surface area contributed by atoms with Crippen LogP contribution in [0.15, 0.2) is 107 Å². The van der Waals surface area contributed by atoms with E-state index in [0.29, 0.717) is 17.1 Å². The molecule has 0 saturated heterocycles. The van der Waals surface area contributed by atoms with Crippen LogP contribution in [0.25, 0.3) is 0 Å². The molecule has 9 nitrogen and oxygen atoms in total. The molecule has 10 heteroatoms. The predicted molar refractivity (Wildman–Crippen MR) is 203 cm³/mol. The molecule has 4 N–H and O–H groups in total. The Labute approximate surface area is 306 Å². The molecule has 1 aromatic rings. The SMILES string of the molecule is CC\C=C/C(=C\C=C/CC(=O)OC1CCCC1)OCC(COC(=O)/C=C/C1=CC=CC(C)(C(=O)OC2CCCC2)C=C1)Sc1ccc(N)cc1N. The van der Waals surface area contributed by atoms with E-state index in [1.165, 1.54) is 17.8 Å². The minimum atomic E-state index is -0.889. The van der Waals surface area contributed by atoms with Crippen molar-refractivity contribution in [3.8, 4) is 0 Å². The number of rotatable bonds is 17. The largest absolute Gasteiger partial charge is 0.492 e. The Kier molecular flexibility index (Phi) is 15.8. The van der Waals surface area contributed by atoms with E-state index in [1.54, 1.807) is 54.7 Å². The van der Waals surface area contributed by atoms with Crippen molar-refractivity contribution in [2.45, 2.75) is 100 Å². The van der Waals surface area contributed by atoms with Crippen LogP contribution in [0, 0.1) is 5.41 Å². The number of carbonyl (C=O) groups is 3. The Morgan fingerprint density at radius 1 is 0.941 bits per heavy atom. The summed E-state index contributed by atoms with van der Waals surface area (Å²) in [4.78, 5) is 38.8. The second-order valence-electron chi connectivity index (χ2n) is 13.2. The summed E-state index contributed by atoms with van der Waals surface area (Å²) in [5.74, 6) is -0.428. The third-order valence-electron chi connectivity index (χ3n) is 8.75. The van der Waals surface area contributed by atoms with Crippen LogP contribution in [0.1, 0.15) is 78.1 Å². The highest BCUT2D eigenvalue weighted by Gasteiger charge is 2.32. The molecule has 274 valence electrons. The first-order chi connectivity index (χ1) is 24.6. The van der Waals surface area contributed by atoms with Gasteiger partial charge in [0.05, 0.1) is 11.7 Å². The highest BCUT2D eigenvalue weighted by molar-refractivity contribution is 8.00. The highest BCUT2D eigenvalue weighted by atomic mass is 32.2. The van der Waals surface area contributed by atoms with Gasteiger partial charge < -0.3 is 30.4 Å². The van der Waals surface area contributed by atoms with Gasteiger partial charge in [0.15, 0.2) is 0 Å². The molecule has 0 bridgehead atoms. The molecule has 0 aliphatic heterocycles. The topological polar surface area (TPSA) is 140 Å². The van der Waals surface area contributed by atoms with Crippen molar-refractivity contribution in [2.24, 2.45) is 5.41 Å². The van der Waals surface area contributed by atoms with Crippen LogP contribution in [-0.4, -0.2) is 48.6 Å². The third-order valence-corrected chi connectivity index (χ3v) is 9.99. The van der Waals surface area contributed by atoms with E-state index in [1.807, 2.05) is 44.2 Å². The summed E-state index contributed by atoms with van der Waals surface area (Å²) in [5.41, 5.74) is 13.1. The van der Waals surface area contributed by atoms with Gasteiger partial charge in [-0.05, 0) is 107 Å². The molecular weight excluding hydrogens is 665 g/mol. The van der Waals surface area contributed by atoms with Crippen LogP contribution in [0.4, 0.5) is 11.4 Å². The number of carbonyl (C=O) groups excluding carboxylic acids is 3. The van der Waals surface area contributed by atoms with Crippen molar-refractivity contribution >= 4 is 41.0 Å². The van der Waals surface area contributed by atoms with Gasteiger partial charge in [0.1, 0.15) is 36.6 Å². The molecule has 3 aliphatic carbocycles. The average Bonchev–Trinajstić information content (AvgIpc) is 3.79. The molecule has 0 radical (unpaired) electrons. The number of hydrogen-bond donors (Lipinski definition) is 2. The number of nitrogens with two attached hydrogens (primary N) is 2. The maximum Gasteiger partial charge on any atom is 0.330 e. The van der Waals surface area contributed by atoms with Gasteiger partial charge in [0.25, 0.3) is 0 Å². The second kappa shape index (κ2) is 20.4.